The third-order valence-electron chi connectivity index (χ3n) is 6.29. The monoisotopic (exact) mass is 401 g/mol. The predicted octanol–water partition coefficient (Wildman–Crippen LogP) is 3.17. The normalized spacial score (nSPS) is 27.7. The van der Waals surface area contributed by atoms with E-state index in [0.717, 1.165) is 10.8 Å². The number of allylic oxidation sites excluding steroid dienone is 1. The molecule has 0 radical (unpaired) electrons. The minimum Gasteiger partial charge on any atom is -0.297 e. The zero-order valence-electron chi connectivity index (χ0n) is 17.1. The Morgan fingerprint density at radius 3 is 2.40 bits per heavy atom. The van der Waals surface area contributed by atoms with Crippen LogP contribution < -0.4 is 4.90 Å². The number of Topliss-reactive ketones (excluding diaryl/α,β-unsaturated/α-hetero) is 1. The second-order valence-electron chi connectivity index (χ2n) is 9.17. The Morgan fingerprint density at radius 1 is 0.967 bits per heavy atom. The molecule has 2 aromatic rings. The number of hydrogen-bond acceptors (Lipinski definition) is 5. The Hall–Kier alpha value is -3.28. The number of benzene rings is 2. The molecule has 0 saturated carbocycles. The topological polar surface area (TPSA) is 70.0 Å². The smallest absolute Gasteiger partial charge is 0.240 e. The highest BCUT2D eigenvalue weighted by molar-refractivity contribution is 6.24. The van der Waals surface area contributed by atoms with E-state index < -0.39 is 29.3 Å². The fourth-order valence-corrected chi connectivity index (χ4v) is 4.85. The number of hydrazone groups is 1. The molecule has 2 saturated heterocycles. The van der Waals surface area contributed by atoms with E-state index in [4.69, 9.17) is 0 Å². The molecule has 0 bridgehead atoms. The van der Waals surface area contributed by atoms with Crippen molar-refractivity contribution in [2.75, 3.05) is 4.90 Å². The fraction of sp³-hybridized carbons (Fsp3) is 0.333. The number of anilines is 1. The average molecular weight is 401 g/mol. The van der Waals surface area contributed by atoms with Crippen molar-refractivity contribution < 1.29 is 14.4 Å². The van der Waals surface area contributed by atoms with Gasteiger partial charge in [-0.25, -0.2) is 4.90 Å². The molecular weight excluding hydrogens is 378 g/mol. The first-order valence-electron chi connectivity index (χ1n) is 10.2. The fourth-order valence-electron chi connectivity index (χ4n) is 4.85. The van der Waals surface area contributed by atoms with E-state index >= 15 is 0 Å². The van der Waals surface area contributed by atoms with Crippen LogP contribution in [0.15, 0.2) is 59.7 Å². The highest BCUT2D eigenvalue weighted by atomic mass is 16.2. The van der Waals surface area contributed by atoms with Gasteiger partial charge < -0.3 is 0 Å². The molecule has 0 aromatic heterocycles. The van der Waals surface area contributed by atoms with Crippen LogP contribution in [0.1, 0.15) is 20.8 Å². The van der Waals surface area contributed by atoms with Crippen LogP contribution in [-0.2, 0) is 14.4 Å². The number of hydrogen-bond donors (Lipinski definition) is 0. The molecule has 2 aromatic carbocycles. The maximum absolute atomic E-state index is 13.6. The van der Waals surface area contributed by atoms with E-state index in [-0.39, 0.29) is 17.6 Å². The predicted molar refractivity (Wildman–Crippen MR) is 115 cm³/mol. The van der Waals surface area contributed by atoms with Crippen molar-refractivity contribution >= 4 is 40.3 Å². The zero-order chi connectivity index (χ0) is 21.2. The summed E-state index contributed by atoms with van der Waals surface area (Å²) in [4.78, 5) is 41.6. The highest BCUT2D eigenvalue weighted by Gasteiger charge is 2.64. The van der Waals surface area contributed by atoms with Crippen molar-refractivity contribution in [3.8, 4) is 0 Å². The number of ketones is 1. The Kier molecular flexibility index (Phi) is 3.97. The van der Waals surface area contributed by atoms with Gasteiger partial charge in [0.15, 0.2) is 5.78 Å². The van der Waals surface area contributed by atoms with E-state index in [1.54, 1.807) is 23.4 Å². The third kappa shape index (κ3) is 2.56. The lowest BCUT2D eigenvalue weighted by molar-refractivity contribution is -0.136. The van der Waals surface area contributed by atoms with Gasteiger partial charge in [-0.1, -0.05) is 57.2 Å². The standard InChI is InChI=1S/C24H23N3O3/c1-24(2,3)21(28)20-19-18(17-9-6-12-25-27(17)20)22(29)26(23(19)30)16-11-10-14-7-4-5-8-15(14)13-16/h4-13,17-20H,1-3H3/t17-,18-,19-,20+/m0/s1. The van der Waals surface area contributed by atoms with Crippen LogP contribution in [0.2, 0.25) is 0 Å². The maximum atomic E-state index is 13.6. The number of imide groups is 1. The lowest BCUT2D eigenvalue weighted by Crippen LogP contribution is -2.49. The van der Waals surface area contributed by atoms with Gasteiger partial charge in [0, 0.05) is 11.6 Å². The van der Waals surface area contributed by atoms with E-state index in [2.05, 4.69) is 5.10 Å². The molecule has 4 atom stereocenters. The number of carbonyl (C=O) groups is 3. The van der Waals surface area contributed by atoms with Crippen molar-refractivity contribution in [3.63, 3.8) is 0 Å². The van der Waals surface area contributed by atoms with Gasteiger partial charge >= 0.3 is 0 Å². The molecule has 2 fully saturated rings. The van der Waals surface area contributed by atoms with E-state index in [9.17, 15) is 14.4 Å². The van der Waals surface area contributed by atoms with Gasteiger partial charge in [-0.3, -0.25) is 19.4 Å². The Balaban J connectivity index is 1.60. The molecule has 0 spiro atoms. The van der Waals surface area contributed by atoms with Crippen LogP contribution in [0.3, 0.4) is 0 Å². The zero-order valence-corrected chi connectivity index (χ0v) is 17.1. The minimum absolute atomic E-state index is 0.0750. The lowest BCUT2D eigenvalue weighted by atomic mass is 9.80. The molecule has 152 valence electrons. The van der Waals surface area contributed by atoms with Crippen LogP contribution in [0.25, 0.3) is 10.8 Å². The average Bonchev–Trinajstić information content (AvgIpc) is 3.19. The molecule has 6 heteroatoms. The molecule has 6 nitrogen and oxygen atoms in total. The van der Waals surface area contributed by atoms with Gasteiger partial charge in [-0.15, -0.1) is 0 Å². The van der Waals surface area contributed by atoms with Gasteiger partial charge in [-0.05, 0) is 29.0 Å². The summed E-state index contributed by atoms with van der Waals surface area (Å²) in [5.74, 6) is -2.01. The number of rotatable bonds is 2. The summed E-state index contributed by atoms with van der Waals surface area (Å²) in [6.07, 6.45) is 5.25. The maximum Gasteiger partial charge on any atom is 0.240 e. The van der Waals surface area contributed by atoms with Gasteiger partial charge in [0.1, 0.15) is 6.04 Å². The minimum atomic E-state index is -0.747. The molecule has 0 unspecified atom stereocenters. The summed E-state index contributed by atoms with van der Waals surface area (Å²) >= 11 is 0. The summed E-state index contributed by atoms with van der Waals surface area (Å²) in [7, 11) is 0. The summed E-state index contributed by atoms with van der Waals surface area (Å²) in [5, 5.41) is 8.03. The molecular formula is C24H23N3O3. The first-order valence-corrected chi connectivity index (χ1v) is 10.2. The second kappa shape index (κ2) is 6.36. The molecule has 3 aliphatic heterocycles. The second-order valence-corrected chi connectivity index (χ2v) is 9.17. The first-order chi connectivity index (χ1) is 14.3. The van der Waals surface area contributed by atoms with Crippen molar-refractivity contribution in [3.05, 3.63) is 54.6 Å². The van der Waals surface area contributed by atoms with Gasteiger partial charge in [0.2, 0.25) is 11.8 Å². The van der Waals surface area contributed by atoms with Crippen LogP contribution in [0.4, 0.5) is 5.69 Å². The van der Waals surface area contributed by atoms with Crippen molar-refractivity contribution in [2.45, 2.75) is 32.9 Å². The van der Waals surface area contributed by atoms with E-state index in [1.165, 1.54) is 4.90 Å². The summed E-state index contributed by atoms with van der Waals surface area (Å²) in [6.45, 7) is 5.51. The quantitative estimate of drug-likeness (QED) is 0.725. The number of nitrogens with zero attached hydrogens (tertiary/aromatic N) is 3. The van der Waals surface area contributed by atoms with Crippen LogP contribution in [0, 0.1) is 17.3 Å². The number of carbonyl (C=O) groups excluding carboxylic acids is 3. The van der Waals surface area contributed by atoms with Crippen LogP contribution >= 0.6 is 0 Å². The third-order valence-corrected chi connectivity index (χ3v) is 6.29. The van der Waals surface area contributed by atoms with Crippen LogP contribution in [0.5, 0.6) is 0 Å². The summed E-state index contributed by atoms with van der Waals surface area (Å²) in [5.41, 5.74) is -0.101. The number of fused-ring (bicyclic) bond motifs is 4. The van der Waals surface area contributed by atoms with Gasteiger partial charge in [0.25, 0.3) is 0 Å². The molecule has 2 amide bonds. The number of amides is 2. The van der Waals surface area contributed by atoms with Crippen molar-refractivity contribution in [1.82, 2.24) is 5.01 Å². The largest absolute Gasteiger partial charge is 0.297 e. The van der Waals surface area contributed by atoms with E-state index in [0.29, 0.717) is 5.69 Å². The Labute approximate surface area is 174 Å². The first kappa shape index (κ1) is 18.7. The lowest BCUT2D eigenvalue weighted by Gasteiger charge is -2.33. The molecule has 0 N–H and O–H groups in total. The Bertz CT molecular complexity index is 1140. The molecule has 3 aliphatic rings. The van der Waals surface area contributed by atoms with E-state index in [1.807, 2.05) is 63.2 Å². The molecule has 30 heavy (non-hydrogen) atoms. The highest BCUT2D eigenvalue weighted by Crippen LogP contribution is 2.47. The van der Waals surface area contributed by atoms with Gasteiger partial charge in [0.05, 0.1) is 23.6 Å². The molecule has 0 aliphatic carbocycles. The Morgan fingerprint density at radius 2 is 1.67 bits per heavy atom. The van der Waals surface area contributed by atoms with Crippen molar-refractivity contribution in [2.24, 2.45) is 22.4 Å². The SMILES string of the molecule is CC(C)(C)C(=O)[C@H]1[C@H]2C(=O)N(c3ccc4ccccc4c3)C(=O)[C@H]2[C@@H]2C=CC=NN21. The molecule has 3 heterocycles. The molecule has 5 rings (SSSR count). The van der Waals surface area contributed by atoms with Crippen LogP contribution in [-0.4, -0.2) is 40.9 Å². The summed E-state index contributed by atoms with van der Waals surface area (Å²) < 4.78 is 0. The van der Waals surface area contributed by atoms with Crippen molar-refractivity contribution in [1.29, 1.82) is 0 Å². The van der Waals surface area contributed by atoms with Gasteiger partial charge in [-0.2, -0.15) is 5.10 Å². The summed E-state index contributed by atoms with van der Waals surface area (Å²) in [6, 6.07) is 12.3.